The van der Waals surface area contributed by atoms with Crippen LogP contribution in [0.3, 0.4) is 0 Å². The Labute approximate surface area is 256 Å². The van der Waals surface area contributed by atoms with Crippen molar-refractivity contribution < 1.29 is 39.2 Å². The van der Waals surface area contributed by atoms with Crippen molar-refractivity contribution in [2.24, 2.45) is 29.1 Å². The van der Waals surface area contributed by atoms with Gasteiger partial charge in [0.25, 0.3) is 0 Å². The van der Waals surface area contributed by atoms with Gasteiger partial charge >= 0.3 is 11.9 Å². The molecule has 2 saturated carbocycles. The molecule has 0 heterocycles. The van der Waals surface area contributed by atoms with Gasteiger partial charge in [-0.2, -0.15) is 0 Å². The summed E-state index contributed by atoms with van der Waals surface area (Å²) in [6.07, 6.45) is 11.6. The Bertz CT molecular complexity index is 1210. The molecule has 0 saturated heterocycles. The minimum absolute atomic E-state index is 0.118. The molecular formula is C35H52O8. The van der Waals surface area contributed by atoms with E-state index in [0.717, 1.165) is 19.3 Å². The molecule has 4 aliphatic carbocycles. The molecule has 0 radical (unpaired) electrons. The maximum absolute atomic E-state index is 13.5. The third kappa shape index (κ3) is 5.25. The van der Waals surface area contributed by atoms with Gasteiger partial charge in [0.2, 0.25) is 0 Å². The lowest BCUT2D eigenvalue weighted by molar-refractivity contribution is -0.227. The highest BCUT2D eigenvalue weighted by Gasteiger charge is 2.88. The van der Waals surface area contributed by atoms with Crippen molar-refractivity contribution in [3.63, 3.8) is 0 Å². The van der Waals surface area contributed by atoms with Gasteiger partial charge in [-0.05, 0) is 38.3 Å². The van der Waals surface area contributed by atoms with E-state index in [1.165, 1.54) is 19.3 Å². The van der Waals surface area contributed by atoms with E-state index in [9.17, 15) is 29.7 Å². The van der Waals surface area contributed by atoms with Crippen LogP contribution in [0.1, 0.15) is 106 Å². The predicted molar refractivity (Wildman–Crippen MR) is 163 cm³/mol. The van der Waals surface area contributed by atoms with Crippen molar-refractivity contribution in [2.45, 2.75) is 129 Å². The van der Waals surface area contributed by atoms with E-state index in [-0.39, 0.29) is 25.4 Å². The van der Waals surface area contributed by atoms with Gasteiger partial charge in [-0.1, -0.05) is 84.4 Å². The molecule has 0 unspecified atom stereocenters. The summed E-state index contributed by atoms with van der Waals surface area (Å²) in [5, 5.41) is 35.0. The van der Waals surface area contributed by atoms with Crippen molar-refractivity contribution in [3.8, 4) is 0 Å². The minimum atomic E-state index is -1.95. The Morgan fingerprint density at radius 2 is 1.70 bits per heavy atom. The van der Waals surface area contributed by atoms with Crippen LogP contribution >= 0.6 is 0 Å². The molecule has 8 heteroatoms. The highest BCUT2D eigenvalue weighted by Crippen LogP contribution is 2.77. The maximum atomic E-state index is 13.5. The van der Waals surface area contributed by atoms with E-state index in [0.29, 0.717) is 23.1 Å². The monoisotopic (exact) mass is 600 g/mol. The summed E-state index contributed by atoms with van der Waals surface area (Å²) < 4.78 is 12.6. The number of allylic oxidation sites excluding steroid dienone is 1. The van der Waals surface area contributed by atoms with Crippen LogP contribution in [0.25, 0.3) is 0 Å². The number of Topliss-reactive ketones (excluding diaryl/α,β-unsaturated/α-hetero) is 1. The van der Waals surface area contributed by atoms with E-state index >= 15 is 0 Å². The van der Waals surface area contributed by atoms with Crippen molar-refractivity contribution in [2.75, 3.05) is 6.61 Å². The SMILES string of the molecule is CC=C(C)C(=O)O[C@@H]1[C@@H](C)[C@@]2(O)[C@@H](C=C(CO)C[C@]3(O)C(=O)C(C)=C[C@@H]23)[C@@H]2C(C)(C)[C@]12OC(=O)CCCCCCCCC. The number of hydrogen-bond acceptors (Lipinski definition) is 8. The first-order chi connectivity index (χ1) is 20.2. The molecule has 240 valence electrons. The molecule has 8 atom stereocenters. The summed E-state index contributed by atoms with van der Waals surface area (Å²) in [7, 11) is 0. The van der Waals surface area contributed by atoms with Crippen molar-refractivity contribution in [1.29, 1.82) is 0 Å². The zero-order chi connectivity index (χ0) is 32.0. The molecule has 4 aliphatic rings. The predicted octanol–water partition coefficient (Wildman–Crippen LogP) is 5.14. The van der Waals surface area contributed by atoms with Gasteiger partial charge in [0, 0.05) is 47.5 Å². The summed E-state index contributed by atoms with van der Waals surface area (Å²) in [6.45, 7) is 12.4. The van der Waals surface area contributed by atoms with E-state index in [4.69, 9.17) is 9.47 Å². The van der Waals surface area contributed by atoms with Gasteiger partial charge in [-0.3, -0.25) is 9.59 Å². The van der Waals surface area contributed by atoms with E-state index in [1.54, 1.807) is 45.9 Å². The van der Waals surface area contributed by atoms with Crippen LogP contribution in [0.5, 0.6) is 0 Å². The molecule has 0 aromatic heterocycles. The number of ether oxygens (including phenoxy) is 2. The Morgan fingerprint density at radius 1 is 1.07 bits per heavy atom. The van der Waals surface area contributed by atoms with Crippen LogP contribution in [-0.4, -0.2) is 62.6 Å². The normalized spacial score (nSPS) is 37.8. The van der Waals surface area contributed by atoms with Crippen molar-refractivity contribution in [3.05, 3.63) is 34.9 Å². The molecule has 0 bridgehead atoms. The van der Waals surface area contributed by atoms with E-state index in [2.05, 4.69) is 6.92 Å². The highest BCUT2D eigenvalue weighted by molar-refractivity contribution is 6.04. The molecule has 2 fully saturated rings. The number of carbonyl (C=O) groups excluding carboxylic acids is 3. The Hall–Kier alpha value is -2.29. The van der Waals surface area contributed by atoms with Crippen LogP contribution in [0.15, 0.2) is 34.9 Å². The summed E-state index contributed by atoms with van der Waals surface area (Å²) in [5.74, 6) is -4.44. The van der Waals surface area contributed by atoms with Gasteiger partial charge in [-0.15, -0.1) is 0 Å². The van der Waals surface area contributed by atoms with Crippen LogP contribution in [0.2, 0.25) is 0 Å². The number of aliphatic hydroxyl groups is 3. The molecule has 0 aliphatic heterocycles. The lowest BCUT2D eigenvalue weighted by Gasteiger charge is -2.53. The van der Waals surface area contributed by atoms with Gasteiger partial charge in [0.05, 0.1) is 12.2 Å². The van der Waals surface area contributed by atoms with Gasteiger partial charge in [0.1, 0.15) is 11.7 Å². The van der Waals surface area contributed by atoms with Gasteiger partial charge < -0.3 is 24.8 Å². The highest BCUT2D eigenvalue weighted by atomic mass is 16.6. The smallest absolute Gasteiger partial charge is 0.333 e. The van der Waals surface area contributed by atoms with E-state index in [1.807, 2.05) is 13.8 Å². The molecule has 0 amide bonds. The molecule has 0 spiro atoms. The number of rotatable bonds is 12. The number of aliphatic hydroxyl groups excluding tert-OH is 1. The number of hydrogen-bond donors (Lipinski definition) is 3. The second kappa shape index (κ2) is 12.2. The van der Waals surface area contributed by atoms with Crippen molar-refractivity contribution >= 4 is 17.7 Å². The fourth-order valence-corrected chi connectivity index (χ4v) is 8.62. The van der Waals surface area contributed by atoms with Gasteiger partial charge in [0.15, 0.2) is 11.4 Å². The number of ketones is 1. The Morgan fingerprint density at radius 3 is 2.30 bits per heavy atom. The average Bonchev–Trinajstić information content (AvgIpc) is 3.39. The van der Waals surface area contributed by atoms with Crippen LogP contribution in [-0.2, 0) is 23.9 Å². The van der Waals surface area contributed by atoms with Crippen molar-refractivity contribution in [1.82, 2.24) is 0 Å². The lowest BCUT2D eigenvalue weighted by atomic mass is 9.59. The minimum Gasteiger partial charge on any atom is -0.454 e. The standard InChI is InChI=1S/C35H52O8/c1-8-10-11-12-13-14-15-16-27(37)43-35-28(32(35,6)7)25-18-24(20-36)19-33(40)26(17-22(4)29(33)38)34(25,41)23(5)30(35)42-31(39)21(3)9-2/h9,17-18,23,25-26,28,30,36,40-41H,8,10-16,19-20H2,1-7H3/t23-,25+,26-,28-,30-,33-,34-,35-/m1/s1. The third-order valence-corrected chi connectivity index (χ3v) is 11.2. The van der Waals surface area contributed by atoms with Crippen LogP contribution in [0, 0.1) is 29.1 Å². The molecule has 8 nitrogen and oxygen atoms in total. The molecule has 3 N–H and O–H groups in total. The lowest BCUT2D eigenvalue weighted by Crippen LogP contribution is -2.66. The Kier molecular flexibility index (Phi) is 9.57. The molecule has 0 aromatic carbocycles. The number of esters is 2. The van der Waals surface area contributed by atoms with Crippen LogP contribution < -0.4 is 0 Å². The first-order valence-electron chi connectivity index (χ1n) is 16.2. The molecular weight excluding hydrogens is 548 g/mol. The number of unbranched alkanes of at least 4 members (excludes halogenated alkanes) is 6. The second-order valence-electron chi connectivity index (χ2n) is 14.1. The third-order valence-electron chi connectivity index (χ3n) is 11.2. The van der Waals surface area contributed by atoms with E-state index < -0.39 is 63.7 Å². The second-order valence-corrected chi connectivity index (χ2v) is 14.1. The van der Waals surface area contributed by atoms with Crippen LogP contribution in [0.4, 0.5) is 0 Å². The molecule has 0 aromatic rings. The zero-order valence-corrected chi connectivity index (χ0v) is 27.1. The summed E-state index contributed by atoms with van der Waals surface area (Å²) in [5.41, 5.74) is -4.46. The maximum Gasteiger partial charge on any atom is 0.333 e. The summed E-state index contributed by atoms with van der Waals surface area (Å²) in [6, 6.07) is 0. The topological polar surface area (TPSA) is 130 Å². The molecule has 4 rings (SSSR count). The van der Waals surface area contributed by atoms with Gasteiger partial charge in [-0.25, -0.2) is 4.79 Å². The number of fused-ring (bicyclic) bond motifs is 5. The summed E-state index contributed by atoms with van der Waals surface area (Å²) >= 11 is 0. The summed E-state index contributed by atoms with van der Waals surface area (Å²) in [4.78, 5) is 40.0. The fourth-order valence-electron chi connectivity index (χ4n) is 8.62. The quantitative estimate of drug-likeness (QED) is 0.122. The first kappa shape index (κ1) is 33.6. The molecule has 43 heavy (non-hydrogen) atoms. The average molecular weight is 601 g/mol. The first-order valence-corrected chi connectivity index (χ1v) is 16.2. The largest absolute Gasteiger partial charge is 0.454 e. The Balaban J connectivity index is 1.73. The number of carbonyl (C=O) groups is 3. The fraction of sp³-hybridized carbons (Fsp3) is 0.743. The zero-order valence-electron chi connectivity index (χ0n) is 27.1.